The molecule has 1 N–H and O–H groups in total. The second-order valence-corrected chi connectivity index (χ2v) is 4.47. The third-order valence-corrected chi connectivity index (χ3v) is 3.12. The van der Waals surface area contributed by atoms with E-state index in [4.69, 9.17) is 4.74 Å². The molecular formula is C16H15N3O2. The molecule has 0 saturated heterocycles. The zero-order chi connectivity index (χ0) is 14.7. The van der Waals surface area contributed by atoms with Crippen molar-refractivity contribution in [1.29, 1.82) is 0 Å². The van der Waals surface area contributed by atoms with Gasteiger partial charge in [-0.05, 0) is 19.1 Å². The van der Waals surface area contributed by atoms with Gasteiger partial charge in [-0.2, -0.15) is 0 Å². The molecule has 0 atom stereocenters. The molecule has 0 spiro atoms. The summed E-state index contributed by atoms with van der Waals surface area (Å²) < 4.78 is 6.84. The fraction of sp³-hybridized carbons (Fsp3) is 0.125. The second kappa shape index (κ2) is 5.66. The normalized spacial score (nSPS) is 10.5. The van der Waals surface area contributed by atoms with Crippen LogP contribution in [-0.4, -0.2) is 22.1 Å². The summed E-state index contributed by atoms with van der Waals surface area (Å²) in [6.07, 6.45) is 3.23. The first-order chi connectivity index (χ1) is 10.3. The maximum Gasteiger partial charge on any atom is 0.411 e. The number of hydrogen-bond donors (Lipinski definition) is 1. The first-order valence-electron chi connectivity index (χ1n) is 6.75. The molecule has 21 heavy (non-hydrogen) atoms. The van der Waals surface area contributed by atoms with E-state index in [0.717, 1.165) is 11.3 Å². The van der Waals surface area contributed by atoms with Crippen molar-refractivity contribution in [3.8, 4) is 11.3 Å². The quantitative estimate of drug-likeness (QED) is 0.798. The molecule has 1 amide bonds. The molecule has 0 aliphatic carbocycles. The van der Waals surface area contributed by atoms with Crippen LogP contribution in [0.2, 0.25) is 0 Å². The third-order valence-electron chi connectivity index (χ3n) is 3.12. The van der Waals surface area contributed by atoms with Crippen LogP contribution in [0.15, 0.2) is 54.9 Å². The predicted molar refractivity (Wildman–Crippen MR) is 81.3 cm³/mol. The van der Waals surface area contributed by atoms with E-state index in [0.29, 0.717) is 17.9 Å². The standard InChI is InChI=1S/C16H15N3O2/c1-2-21-16(20)18-13-9-6-10-19-14(11-17-15(13)19)12-7-4-3-5-8-12/h3-11H,2H2,1H3,(H,18,20). The number of carbonyl (C=O) groups excluding carboxylic acids is 1. The number of amides is 1. The fourth-order valence-electron chi connectivity index (χ4n) is 2.21. The van der Waals surface area contributed by atoms with Crippen LogP contribution in [0, 0.1) is 0 Å². The Kier molecular flexibility index (Phi) is 3.55. The lowest BCUT2D eigenvalue weighted by Crippen LogP contribution is -2.14. The van der Waals surface area contributed by atoms with Gasteiger partial charge in [0.15, 0.2) is 5.65 Å². The topological polar surface area (TPSA) is 55.6 Å². The summed E-state index contributed by atoms with van der Waals surface area (Å²) in [5.74, 6) is 0. The number of aromatic nitrogens is 2. The summed E-state index contributed by atoms with van der Waals surface area (Å²) in [4.78, 5) is 16.0. The summed E-state index contributed by atoms with van der Waals surface area (Å²) in [7, 11) is 0. The molecule has 0 unspecified atom stereocenters. The van der Waals surface area contributed by atoms with Crippen molar-refractivity contribution in [3.05, 3.63) is 54.9 Å². The summed E-state index contributed by atoms with van der Waals surface area (Å²) in [5, 5.41) is 2.71. The smallest absolute Gasteiger partial charge is 0.411 e. The van der Waals surface area contributed by atoms with E-state index in [9.17, 15) is 4.79 Å². The molecule has 5 nitrogen and oxygen atoms in total. The number of carbonyl (C=O) groups is 1. The summed E-state index contributed by atoms with van der Waals surface area (Å²) in [5.41, 5.74) is 3.35. The van der Waals surface area contributed by atoms with Gasteiger partial charge in [-0.1, -0.05) is 30.3 Å². The lowest BCUT2D eigenvalue weighted by Gasteiger charge is -2.07. The number of pyridine rings is 1. The molecule has 0 radical (unpaired) electrons. The lowest BCUT2D eigenvalue weighted by atomic mass is 10.2. The molecule has 1 aromatic carbocycles. The first kappa shape index (κ1) is 13.2. The zero-order valence-corrected chi connectivity index (χ0v) is 11.6. The second-order valence-electron chi connectivity index (χ2n) is 4.47. The van der Waals surface area contributed by atoms with E-state index >= 15 is 0 Å². The molecule has 0 fully saturated rings. The van der Waals surface area contributed by atoms with Crippen LogP contribution in [0.5, 0.6) is 0 Å². The van der Waals surface area contributed by atoms with Gasteiger partial charge in [-0.25, -0.2) is 9.78 Å². The fourth-order valence-corrected chi connectivity index (χ4v) is 2.21. The number of fused-ring (bicyclic) bond motifs is 1. The summed E-state index contributed by atoms with van der Waals surface area (Å²) in [6.45, 7) is 2.10. The number of nitrogens with zero attached hydrogens (tertiary/aromatic N) is 2. The van der Waals surface area contributed by atoms with Gasteiger partial charge in [-0.15, -0.1) is 0 Å². The highest BCUT2D eigenvalue weighted by Gasteiger charge is 2.11. The van der Waals surface area contributed by atoms with Crippen LogP contribution in [0.4, 0.5) is 10.5 Å². The SMILES string of the molecule is CCOC(=O)Nc1cccn2c(-c3ccccc3)cnc12. The molecule has 0 bridgehead atoms. The Bertz CT molecular complexity index is 766. The Labute approximate surface area is 122 Å². The summed E-state index contributed by atoms with van der Waals surface area (Å²) >= 11 is 0. The highest BCUT2D eigenvalue weighted by Crippen LogP contribution is 2.24. The van der Waals surface area contributed by atoms with Crippen molar-refractivity contribution in [2.24, 2.45) is 0 Å². The van der Waals surface area contributed by atoms with E-state index in [-0.39, 0.29) is 0 Å². The molecule has 3 aromatic rings. The van der Waals surface area contributed by atoms with Gasteiger partial charge in [-0.3, -0.25) is 9.72 Å². The van der Waals surface area contributed by atoms with Crippen molar-refractivity contribution < 1.29 is 9.53 Å². The van der Waals surface area contributed by atoms with Crippen LogP contribution < -0.4 is 5.32 Å². The van der Waals surface area contributed by atoms with Crippen LogP contribution in [0.3, 0.4) is 0 Å². The van der Waals surface area contributed by atoms with Crippen molar-refractivity contribution in [3.63, 3.8) is 0 Å². The van der Waals surface area contributed by atoms with Crippen LogP contribution in [-0.2, 0) is 4.74 Å². The minimum atomic E-state index is -0.477. The molecular weight excluding hydrogens is 266 g/mol. The van der Waals surface area contributed by atoms with Crippen molar-refractivity contribution in [2.45, 2.75) is 6.92 Å². The molecule has 106 valence electrons. The number of benzene rings is 1. The molecule has 0 saturated carbocycles. The maximum atomic E-state index is 11.6. The summed E-state index contributed by atoms with van der Waals surface area (Å²) in [6, 6.07) is 13.6. The molecule has 5 heteroatoms. The number of ether oxygens (including phenoxy) is 1. The molecule has 0 aliphatic rings. The van der Waals surface area contributed by atoms with Crippen molar-refractivity contribution in [2.75, 3.05) is 11.9 Å². The highest BCUT2D eigenvalue weighted by molar-refractivity contribution is 5.90. The molecule has 2 aromatic heterocycles. The van der Waals surface area contributed by atoms with Crippen LogP contribution in [0.25, 0.3) is 16.9 Å². The number of hydrogen-bond acceptors (Lipinski definition) is 3. The monoisotopic (exact) mass is 281 g/mol. The maximum absolute atomic E-state index is 11.6. The molecule has 0 aliphatic heterocycles. The number of rotatable bonds is 3. The number of nitrogens with one attached hydrogen (secondary N) is 1. The van der Waals surface area contributed by atoms with Gasteiger partial charge in [0.2, 0.25) is 0 Å². The zero-order valence-electron chi connectivity index (χ0n) is 11.6. The van der Waals surface area contributed by atoms with Gasteiger partial charge < -0.3 is 4.74 Å². The Hall–Kier alpha value is -2.82. The predicted octanol–water partition coefficient (Wildman–Crippen LogP) is 3.57. The minimum Gasteiger partial charge on any atom is -0.450 e. The van der Waals surface area contributed by atoms with E-state index in [1.54, 1.807) is 19.2 Å². The molecule has 3 rings (SSSR count). The Morgan fingerprint density at radius 3 is 2.81 bits per heavy atom. The first-order valence-corrected chi connectivity index (χ1v) is 6.75. The van der Waals surface area contributed by atoms with Crippen LogP contribution in [0.1, 0.15) is 6.92 Å². The van der Waals surface area contributed by atoms with Crippen molar-refractivity contribution >= 4 is 17.4 Å². The van der Waals surface area contributed by atoms with Gasteiger partial charge >= 0.3 is 6.09 Å². The Balaban J connectivity index is 2.02. The Morgan fingerprint density at radius 2 is 2.05 bits per heavy atom. The third kappa shape index (κ3) is 2.58. The van der Waals surface area contributed by atoms with Gasteiger partial charge in [0.1, 0.15) is 0 Å². The number of imidazole rings is 1. The van der Waals surface area contributed by atoms with Gasteiger partial charge in [0.25, 0.3) is 0 Å². The van der Waals surface area contributed by atoms with Crippen molar-refractivity contribution in [1.82, 2.24) is 9.38 Å². The number of anilines is 1. The lowest BCUT2D eigenvalue weighted by molar-refractivity contribution is 0.168. The van der Waals surface area contributed by atoms with E-state index in [1.165, 1.54) is 0 Å². The highest BCUT2D eigenvalue weighted by atomic mass is 16.5. The van der Waals surface area contributed by atoms with E-state index in [2.05, 4.69) is 10.3 Å². The van der Waals surface area contributed by atoms with E-state index < -0.39 is 6.09 Å². The average Bonchev–Trinajstić information content (AvgIpc) is 2.93. The Morgan fingerprint density at radius 1 is 1.24 bits per heavy atom. The van der Waals surface area contributed by atoms with Crippen LogP contribution >= 0.6 is 0 Å². The van der Waals surface area contributed by atoms with Gasteiger partial charge in [0.05, 0.1) is 24.2 Å². The van der Waals surface area contributed by atoms with E-state index in [1.807, 2.05) is 47.0 Å². The largest absolute Gasteiger partial charge is 0.450 e. The molecule has 2 heterocycles. The average molecular weight is 281 g/mol. The minimum absolute atomic E-state index is 0.332. The van der Waals surface area contributed by atoms with Gasteiger partial charge in [0, 0.05) is 11.8 Å².